The van der Waals surface area contributed by atoms with Crippen LogP contribution in [0.5, 0.6) is 0 Å². The Morgan fingerprint density at radius 3 is 1.57 bits per heavy atom. The molecule has 8 nitrogen and oxygen atoms in total. The van der Waals surface area contributed by atoms with Crippen LogP contribution >= 0.6 is 47.5 Å². The predicted molar refractivity (Wildman–Crippen MR) is 206 cm³/mol. The first-order valence-corrected chi connectivity index (χ1v) is 18.0. The second kappa shape index (κ2) is 22.6. The number of ketones is 2. The van der Waals surface area contributed by atoms with E-state index in [-0.39, 0.29) is 67.5 Å². The second-order valence-corrected chi connectivity index (χ2v) is 14.8. The van der Waals surface area contributed by atoms with Crippen LogP contribution in [0.2, 0.25) is 0 Å². The molecule has 4 aromatic rings. The van der Waals surface area contributed by atoms with E-state index in [1.54, 1.807) is 61.6 Å². The van der Waals surface area contributed by atoms with Gasteiger partial charge in [0.25, 0.3) is 0 Å². The molecule has 0 saturated heterocycles. The lowest BCUT2D eigenvalue weighted by molar-refractivity contribution is -0.118. The summed E-state index contributed by atoms with van der Waals surface area (Å²) in [5.74, 6) is -0.766. The number of alkyl carbamates (subject to hydrolysis) is 1. The van der Waals surface area contributed by atoms with Crippen LogP contribution in [0.15, 0.2) is 47.2 Å². The predicted octanol–water partition coefficient (Wildman–Crippen LogP) is 8.08. The van der Waals surface area contributed by atoms with Gasteiger partial charge in [-0.25, -0.2) is 23.5 Å². The highest BCUT2D eigenvalue weighted by atomic mass is 35.5. The van der Waals surface area contributed by atoms with E-state index in [9.17, 15) is 23.2 Å². The highest BCUT2D eigenvalue weighted by Gasteiger charge is 2.17. The summed E-state index contributed by atoms with van der Waals surface area (Å²) in [5, 5.41) is 8.57. The molecule has 0 fully saturated rings. The largest absolute Gasteiger partial charge is 0.444 e. The summed E-state index contributed by atoms with van der Waals surface area (Å²) in [5.41, 5.74) is 9.64. The first kappa shape index (κ1) is 45.7. The number of thiazole rings is 2. The lowest BCUT2D eigenvalue weighted by Gasteiger charge is -2.19. The number of rotatable bonds is 15. The van der Waals surface area contributed by atoms with Gasteiger partial charge in [-0.05, 0) is 108 Å². The molecule has 2 aromatic carbocycles. The van der Waals surface area contributed by atoms with Gasteiger partial charge in [0.2, 0.25) is 0 Å². The van der Waals surface area contributed by atoms with Crippen LogP contribution in [0, 0.1) is 25.5 Å². The van der Waals surface area contributed by atoms with Gasteiger partial charge >= 0.3 is 6.09 Å². The van der Waals surface area contributed by atoms with E-state index < -0.39 is 11.7 Å². The molecular formula is C37H48Cl2F2N4O4S2. The number of amides is 1. The van der Waals surface area contributed by atoms with Crippen molar-refractivity contribution in [3.05, 3.63) is 102 Å². The lowest BCUT2D eigenvalue weighted by Crippen LogP contribution is -2.35. The van der Waals surface area contributed by atoms with Gasteiger partial charge in [-0.3, -0.25) is 9.59 Å². The summed E-state index contributed by atoms with van der Waals surface area (Å²) < 4.78 is 33.4. The van der Waals surface area contributed by atoms with E-state index in [1.165, 1.54) is 6.07 Å². The molecular weight excluding hydrogens is 737 g/mol. The maximum absolute atomic E-state index is 14.3. The number of hydrogen-bond acceptors (Lipinski definition) is 9. The average Bonchev–Trinajstić information content (AvgIpc) is 3.67. The molecule has 0 aliphatic rings. The van der Waals surface area contributed by atoms with Crippen molar-refractivity contribution in [1.82, 2.24) is 15.3 Å². The van der Waals surface area contributed by atoms with Gasteiger partial charge in [-0.15, -0.1) is 47.5 Å². The number of carbonyl (C=O) groups excluding carboxylic acids is 3. The Bertz CT molecular complexity index is 1710. The Balaban J connectivity index is 0.000000509. The third kappa shape index (κ3) is 17.7. The molecule has 14 heteroatoms. The van der Waals surface area contributed by atoms with Crippen molar-refractivity contribution in [2.45, 2.75) is 91.6 Å². The minimum absolute atomic E-state index is 0. The zero-order valence-corrected chi connectivity index (χ0v) is 32.9. The van der Waals surface area contributed by atoms with Crippen LogP contribution in [0.3, 0.4) is 0 Å². The molecule has 2 heterocycles. The third-order valence-corrected chi connectivity index (χ3v) is 8.96. The first-order chi connectivity index (χ1) is 23.2. The third-order valence-electron chi connectivity index (χ3n) is 7.31. The highest BCUT2D eigenvalue weighted by Crippen LogP contribution is 2.18. The Labute approximate surface area is 319 Å². The lowest BCUT2D eigenvalue weighted by atomic mass is 10.0. The Morgan fingerprint density at radius 2 is 1.20 bits per heavy atom. The van der Waals surface area contributed by atoms with E-state index in [0.29, 0.717) is 30.4 Å². The molecule has 1 amide bonds. The number of carbonyl (C=O) groups is 3. The number of hydrogen-bond donors (Lipinski definition) is 2. The van der Waals surface area contributed by atoms with Gasteiger partial charge in [-0.1, -0.05) is 24.3 Å². The number of benzene rings is 2. The number of halogens is 4. The molecule has 0 bridgehead atoms. The standard InChI is InChI=1S/C21H27FN2O3S.C16H19FN2OS.2ClH/c1-14-24-17(13-28-14)9-6-15-5-7-16(19(22)11-15)8-10-18(25)12-23-20(26)27-21(2,3)4;1-11-19-14(10-21-11)6-3-12-2-4-13(16(17)8-12)5-7-15(20)9-18;;/h5,7,11,13H,6,8-10,12H2,1-4H3,(H,23,26);2,4,8,10H,3,5-7,9,18H2,1H3;2*1H. The Kier molecular flexibility index (Phi) is 20.3. The van der Waals surface area contributed by atoms with Crippen LogP contribution in [-0.2, 0) is 52.9 Å². The summed E-state index contributed by atoms with van der Waals surface area (Å²) >= 11 is 3.24. The molecule has 0 unspecified atom stereocenters. The molecule has 0 atom stereocenters. The zero-order valence-electron chi connectivity index (χ0n) is 29.7. The summed E-state index contributed by atoms with van der Waals surface area (Å²) in [7, 11) is 0. The Hall–Kier alpha value is -3.29. The van der Waals surface area contributed by atoms with Crippen molar-refractivity contribution in [3.63, 3.8) is 0 Å². The topological polar surface area (TPSA) is 124 Å². The number of aryl methyl sites for hydroxylation is 8. The van der Waals surface area contributed by atoms with Crippen molar-refractivity contribution < 1.29 is 27.9 Å². The first-order valence-electron chi connectivity index (χ1n) is 16.3. The number of nitrogens with one attached hydrogen (secondary N) is 1. The zero-order chi connectivity index (χ0) is 36.0. The van der Waals surface area contributed by atoms with Gasteiger partial charge in [-0.2, -0.15) is 0 Å². The minimum atomic E-state index is -0.633. The van der Waals surface area contributed by atoms with E-state index in [4.69, 9.17) is 10.5 Å². The van der Waals surface area contributed by atoms with Gasteiger partial charge in [0.05, 0.1) is 34.5 Å². The smallest absolute Gasteiger partial charge is 0.408 e. The van der Waals surface area contributed by atoms with Crippen LogP contribution in [-0.4, -0.2) is 46.3 Å². The summed E-state index contributed by atoms with van der Waals surface area (Å²) in [6, 6.07) is 10.4. The fourth-order valence-corrected chi connectivity index (χ4v) is 6.01. The summed E-state index contributed by atoms with van der Waals surface area (Å²) in [6.07, 6.45) is 3.61. The maximum Gasteiger partial charge on any atom is 0.408 e. The quantitative estimate of drug-likeness (QED) is 0.125. The van der Waals surface area contributed by atoms with Crippen molar-refractivity contribution in [2.75, 3.05) is 13.1 Å². The summed E-state index contributed by atoms with van der Waals surface area (Å²) in [4.78, 5) is 43.5. The van der Waals surface area contributed by atoms with E-state index >= 15 is 0 Å². The van der Waals surface area contributed by atoms with Gasteiger partial charge in [0, 0.05) is 23.6 Å². The minimum Gasteiger partial charge on any atom is -0.444 e. The van der Waals surface area contributed by atoms with Crippen LogP contribution in [0.1, 0.15) is 77.3 Å². The molecule has 0 radical (unpaired) electrons. The van der Waals surface area contributed by atoms with E-state index in [0.717, 1.165) is 58.2 Å². The van der Waals surface area contributed by atoms with Crippen LogP contribution in [0.25, 0.3) is 0 Å². The fourth-order valence-electron chi connectivity index (χ4n) is 4.71. The number of Topliss-reactive ketones (excluding diaryl/α,β-unsaturated/α-hetero) is 2. The molecule has 280 valence electrons. The van der Waals surface area contributed by atoms with Crippen molar-refractivity contribution in [1.29, 1.82) is 0 Å². The molecule has 0 saturated carbocycles. The van der Waals surface area contributed by atoms with Crippen LogP contribution in [0.4, 0.5) is 13.6 Å². The molecule has 4 rings (SSSR count). The number of nitrogens with two attached hydrogens (primary N) is 1. The maximum atomic E-state index is 14.3. The number of aromatic nitrogens is 2. The van der Waals surface area contributed by atoms with Crippen molar-refractivity contribution in [3.8, 4) is 0 Å². The van der Waals surface area contributed by atoms with Gasteiger partial charge in [0.15, 0.2) is 5.78 Å². The van der Waals surface area contributed by atoms with E-state index in [2.05, 4.69) is 15.3 Å². The molecule has 3 N–H and O–H groups in total. The van der Waals surface area contributed by atoms with Gasteiger partial charge < -0.3 is 15.8 Å². The second-order valence-electron chi connectivity index (χ2n) is 12.7. The molecule has 51 heavy (non-hydrogen) atoms. The van der Waals surface area contributed by atoms with Crippen molar-refractivity contribution >= 4 is 65.1 Å². The van der Waals surface area contributed by atoms with E-state index in [1.807, 2.05) is 36.7 Å². The highest BCUT2D eigenvalue weighted by molar-refractivity contribution is 7.09. The van der Waals surface area contributed by atoms with Crippen LogP contribution < -0.4 is 11.1 Å². The summed E-state index contributed by atoms with van der Waals surface area (Å²) in [6.45, 7) is 9.09. The SMILES string of the molecule is Cc1nc(CCc2ccc(CCC(=O)CN)c(F)c2)cs1.Cc1nc(CCc2ccc(CCC(=O)CNC(=O)OC(C)(C)C)c(F)c2)cs1.Cl.Cl. The van der Waals surface area contributed by atoms with Gasteiger partial charge in [0.1, 0.15) is 23.0 Å². The molecule has 0 aliphatic carbocycles. The Morgan fingerprint density at radius 1 is 0.745 bits per heavy atom. The number of nitrogens with zero attached hydrogens (tertiary/aromatic N) is 2. The molecule has 0 aliphatic heterocycles. The van der Waals surface area contributed by atoms with Crippen molar-refractivity contribution in [2.24, 2.45) is 5.73 Å². The molecule has 0 spiro atoms. The fraction of sp³-hybridized carbons (Fsp3) is 0.432. The molecule has 2 aromatic heterocycles. The number of ether oxygens (including phenoxy) is 1. The normalized spacial score (nSPS) is 10.7. The average molecular weight is 786 g/mol. The monoisotopic (exact) mass is 784 g/mol.